The Kier molecular flexibility index (Phi) is 5.96. The Bertz CT molecular complexity index is 1090. The second-order valence-corrected chi connectivity index (χ2v) is 9.76. The number of ether oxygens (including phenoxy) is 1. The summed E-state index contributed by atoms with van der Waals surface area (Å²) >= 11 is 1.64. The van der Waals surface area contributed by atoms with Crippen molar-refractivity contribution in [3.8, 4) is 0 Å². The van der Waals surface area contributed by atoms with Crippen molar-refractivity contribution in [2.24, 2.45) is 0 Å². The summed E-state index contributed by atoms with van der Waals surface area (Å²) in [4.78, 5) is 32.3. The molecule has 1 fully saturated rings. The number of piperidine rings is 1. The van der Waals surface area contributed by atoms with E-state index in [-0.39, 0.29) is 11.8 Å². The van der Waals surface area contributed by atoms with Gasteiger partial charge in [0.15, 0.2) is 0 Å². The number of fused-ring (bicyclic) bond motifs is 1. The third kappa shape index (κ3) is 5.05. The van der Waals surface area contributed by atoms with Gasteiger partial charge in [-0.25, -0.2) is 9.78 Å². The normalized spacial score (nSPS) is 16.9. The fourth-order valence-corrected chi connectivity index (χ4v) is 4.67. The van der Waals surface area contributed by atoms with Crippen LogP contribution in [0.5, 0.6) is 0 Å². The standard InChI is InChI=1S/C24H27N3O3S/c1-24(2,3)30-23(29)26-20-14-17-8-5-4-7-16(17)13-19(20)22(28)27-11-6-9-18(15-27)21-25-10-12-31-21/h4-5,7-8,10,12-14,18H,6,9,11,15H2,1-3H3,(H,26,29). The Hall–Kier alpha value is -2.93. The highest BCUT2D eigenvalue weighted by Gasteiger charge is 2.29. The van der Waals surface area contributed by atoms with E-state index in [9.17, 15) is 9.59 Å². The Morgan fingerprint density at radius 3 is 2.61 bits per heavy atom. The number of nitrogens with zero attached hydrogens (tertiary/aromatic N) is 2. The van der Waals surface area contributed by atoms with Gasteiger partial charge in [-0.2, -0.15) is 0 Å². The maximum Gasteiger partial charge on any atom is 0.412 e. The molecule has 2 amide bonds. The summed E-state index contributed by atoms with van der Waals surface area (Å²) in [6, 6.07) is 11.5. The van der Waals surface area contributed by atoms with Crippen LogP contribution in [0.2, 0.25) is 0 Å². The van der Waals surface area contributed by atoms with Crippen LogP contribution in [0.1, 0.15) is 54.9 Å². The number of likely N-dealkylation sites (tertiary alicyclic amines) is 1. The van der Waals surface area contributed by atoms with E-state index in [1.807, 2.05) is 73.6 Å². The molecular formula is C24H27N3O3S. The molecule has 4 rings (SSSR count). The number of carbonyl (C=O) groups is 2. The third-order valence-electron chi connectivity index (χ3n) is 5.26. The minimum atomic E-state index is -0.626. The van der Waals surface area contributed by atoms with Crippen molar-refractivity contribution in [1.29, 1.82) is 0 Å². The molecule has 162 valence electrons. The molecule has 0 saturated carbocycles. The lowest BCUT2D eigenvalue weighted by Crippen LogP contribution is -2.39. The number of aromatic nitrogens is 1. The maximum absolute atomic E-state index is 13.6. The molecule has 7 heteroatoms. The number of hydrogen-bond donors (Lipinski definition) is 1. The van der Waals surface area contributed by atoms with Gasteiger partial charge in [0.25, 0.3) is 5.91 Å². The molecule has 1 saturated heterocycles. The van der Waals surface area contributed by atoms with Gasteiger partial charge in [0.1, 0.15) is 5.60 Å². The summed E-state index contributed by atoms with van der Waals surface area (Å²) in [5.74, 6) is 0.165. The molecule has 2 aromatic carbocycles. The number of benzene rings is 2. The SMILES string of the molecule is CC(C)(C)OC(=O)Nc1cc2ccccc2cc1C(=O)N1CCCC(c2nccs2)C1. The maximum atomic E-state index is 13.6. The van der Waals surface area contributed by atoms with Crippen molar-refractivity contribution < 1.29 is 14.3 Å². The fourth-order valence-electron chi connectivity index (χ4n) is 3.90. The van der Waals surface area contributed by atoms with Gasteiger partial charge in [-0.15, -0.1) is 11.3 Å². The summed E-state index contributed by atoms with van der Waals surface area (Å²) in [5.41, 5.74) is 0.317. The molecule has 0 bridgehead atoms. The average Bonchev–Trinajstić information content (AvgIpc) is 3.26. The van der Waals surface area contributed by atoms with Crippen LogP contribution in [0.3, 0.4) is 0 Å². The van der Waals surface area contributed by atoms with Crippen molar-refractivity contribution in [2.45, 2.75) is 45.1 Å². The summed E-state index contributed by atoms with van der Waals surface area (Å²) < 4.78 is 5.42. The lowest BCUT2D eigenvalue weighted by atomic mass is 9.97. The predicted octanol–water partition coefficient (Wildman–Crippen LogP) is 5.66. The summed E-state index contributed by atoms with van der Waals surface area (Å²) in [6.07, 6.45) is 3.19. The first-order chi connectivity index (χ1) is 14.8. The first-order valence-corrected chi connectivity index (χ1v) is 11.4. The quantitative estimate of drug-likeness (QED) is 0.574. The van der Waals surface area contributed by atoms with Gasteiger partial charge in [0.05, 0.1) is 16.3 Å². The van der Waals surface area contributed by atoms with Gasteiger partial charge < -0.3 is 9.64 Å². The highest BCUT2D eigenvalue weighted by Crippen LogP contribution is 2.31. The van der Waals surface area contributed by atoms with E-state index in [1.165, 1.54) is 0 Å². The van der Waals surface area contributed by atoms with Crippen LogP contribution in [0, 0.1) is 0 Å². The Morgan fingerprint density at radius 2 is 1.94 bits per heavy atom. The summed E-state index contributed by atoms with van der Waals surface area (Å²) in [6.45, 7) is 6.76. The Balaban J connectivity index is 1.64. The topological polar surface area (TPSA) is 71.5 Å². The molecule has 1 aliphatic heterocycles. The molecule has 0 radical (unpaired) electrons. The number of carbonyl (C=O) groups excluding carboxylic acids is 2. The summed E-state index contributed by atoms with van der Waals surface area (Å²) in [7, 11) is 0. The van der Waals surface area contributed by atoms with E-state index in [2.05, 4.69) is 10.3 Å². The smallest absolute Gasteiger partial charge is 0.412 e. The third-order valence-corrected chi connectivity index (χ3v) is 6.20. The van der Waals surface area contributed by atoms with Gasteiger partial charge in [0.2, 0.25) is 0 Å². The minimum Gasteiger partial charge on any atom is -0.444 e. The highest BCUT2D eigenvalue weighted by atomic mass is 32.1. The van der Waals surface area contributed by atoms with Gasteiger partial charge in [-0.05, 0) is 56.5 Å². The molecule has 1 N–H and O–H groups in total. The number of amides is 2. The average molecular weight is 438 g/mol. The zero-order valence-corrected chi connectivity index (χ0v) is 18.9. The predicted molar refractivity (Wildman–Crippen MR) is 124 cm³/mol. The Morgan fingerprint density at radius 1 is 1.19 bits per heavy atom. The van der Waals surface area contributed by atoms with E-state index < -0.39 is 11.7 Å². The fraction of sp³-hybridized carbons (Fsp3) is 0.375. The van der Waals surface area contributed by atoms with E-state index >= 15 is 0 Å². The number of rotatable bonds is 3. The van der Waals surface area contributed by atoms with Crippen LogP contribution < -0.4 is 5.32 Å². The second kappa shape index (κ2) is 8.67. The molecule has 1 atom stereocenters. The van der Waals surface area contributed by atoms with E-state index in [0.717, 1.165) is 28.6 Å². The molecule has 2 heterocycles. The zero-order chi connectivity index (χ0) is 22.0. The van der Waals surface area contributed by atoms with Crippen molar-refractivity contribution in [2.75, 3.05) is 18.4 Å². The number of anilines is 1. The number of nitrogens with one attached hydrogen (secondary N) is 1. The first-order valence-electron chi connectivity index (χ1n) is 10.5. The van der Waals surface area contributed by atoms with Crippen LogP contribution in [0.25, 0.3) is 10.8 Å². The zero-order valence-electron chi connectivity index (χ0n) is 18.1. The van der Waals surface area contributed by atoms with Gasteiger partial charge >= 0.3 is 6.09 Å². The Labute approximate surface area is 186 Å². The van der Waals surface area contributed by atoms with Crippen molar-refractivity contribution in [3.05, 3.63) is 58.5 Å². The minimum absolute atomic E-state index is 0.0851. The lowest BCUT2D eigenvalue weighted by Gasteiger charge is -2.32. The van der Waals surface area contributed by atoms with E-state index in [4.69, 9.17) is 4.74 Å². The summed E-state index contributed by atoms with van der Waals surface area (Å²) in [5, 5.41) is 7.75. The lowest BCUT2D eigenvalue weighted by molar-refractivity contribution is 0.0636. The van der Waals surface area contributed by atoms with Crippen molar-refractivity contribution in [3.63, 3.8) is 0 Å². The first kappa shape index (κ1) is 21.3. The number of thiazole rings is 1. The van der Waals surface area contributed by atoms with E-state index in [1.54, 1.807) is 11.3 Å². The monoisotopic (exact) mass is 437 g/mol. The molecule has 0 spiro atoms. The van der Waals surface area contributed by atoms with Crippen LogP contribution in [-0.2, 0) is 4.74 Å². The highest BCUT2D eigenvalue weighted by molar-refractivity contribution is 7.09. The number of hydrogen-bond acceptors (Lipinski definition) is 5. The van der Waals surface area contributed by atoms with Gasteiger partial charge in [-0.3, -0.25) is 10.1 Å². The molecule has 3 aromatic rings. The largest absolute Gasteiger partial charge is 0.444 e. The van der Waals surface area contributed by atoms with Gasteiger partial charge in [0, 0.05) is 30.6 Å². The van der Waals surface area contributed by atoms with E-state index in [0.29, 0.717) is 24.3 Å². The molecule has 0 aliphatic carbocycles. The second-order valence-electron chi connectivity index (χ2n) is 8.83. The van der Waals surface area contributed by atoms with Crippen LogP contribution in [-0.4, -0.2) is 40.6 Å². The molecule has 6 nitrogen and oxygen atoms in total. The van der Waals surface area contributed by atoms with Gasteiger partial charge in [-0.1, -0.05) is 24.3 Å². The molecule has 1 unspecified atom stereocenters. The van der Waals surface area contributed by atoms with Crippen molar-refractivity contribution in [1.82, 2.24) is 9.88 Å². The molecule has 1 aliphatic rings. The molecule has 1 aromatic heterocycles. The van der Waals surface area contributed by atoms with Crippen LogP contribution in [0.4, 0.5) is 10.5 Å². The molecular weight excluding hydrogens is 410 g/mol. The molecule has 31 heavy (non-hydrogen) atoms. The van der Waals surface area contributed by atoms with Crippen LogP contribution >= 0.6 is 11.3 Å². The van der Waals surface area contributed by atoms with Crippen LogP contribution in [0.15, 0.2) is 48.0 Å². The van der Waals surface area contributed by atoms with Crippen molar-refractivity contribution >= 4 is 39.8 Å².